The molecule has 0 aromatic heterocycles. The molecule has 0 radical (unpaired) electrons. The summed E-state index contributed by atoms with van der Waals surface area (Å²) in [5, 5.41) is 6.78. The second-order valence-electron chi connectivity index (χ2n) is 7.41. The highest BCUT2D eigenvalue weighted by Crippen LogP contribution is 2.31. The molecule has 1 aliphatic heterocycles. The van der Waals surface area contributed by atoms with Gasteiger partial charge in [-0.2, -0.15) is 8.78 Å². The fraction of sp³-hybridized carbons (Fsp3) is 0.409. The molecular formula is C22H29F2N5O. The first-order valence-corrected chi connectivity index (χ1v) is 9.98. The molecule has 1 unspecified atom stereocenters. The van der Waals surface area contributed by atoms with Crippen LogP contribution >= 0.6 is 0 Å². The van der Waals surface area contributed by atoms with Gasteiger partial charge < -0.3 is 25.2 Å². The second kappa shape index (κ2) is 10.1. The Labute approximate surface area is 176 Å². The van der Waals surface area contributed by atoms with E-state index in [1.807, 2.05) is 32.3 Å². The number of para-hydroxylation sites is 2. The third-order valence-electron chi connectivity index (χ3n) is 5.06. The number of hydrogen-bond acceptors (Lipinski definition) is 4. The Morgan fingerprint density at radius 2 is 2.03 bits per heavy atom. The highest BCUT2D eigenvalue weighted by molar-refractivity contribution is 5.80. The summed E-state index contributed by atoms with van der Waals surface area (Å²) in [6, 6.07) is 15.4. The highest BCUT2D eigenvalue weighted by Gasteiger charge is 2.26. The van der Waals surface area contributed by atoms with Crippen LogP contribution in [-0.2, 0) is 6.54 Å². The van der Waals surface area contributed by atoms with Crippen LogP contribution in [0.15, 0.2) is 53.5 Å². The van der Waals surface area contributed by atoms with Gasteiger partial charge in [-0.15, -0.1) is 0 Å². The Morgan fingerprint density at radius 3 is 2.77 bits per heavy atom. The largest absolute Gasteiger partial charge is 0.433 e. The minimum absolute atomic E-state index is 0.156. The lowest BCUT2D eigenvalue weighted by Crippen LogP contribution is -2.44. The van der Waals surface area contributed by atoms with E-state index >= 15 is 0 Å². The predicted octanol–water partition coefficient (Wildman–Crippen LogP) is 3.30. The van der Waals surface area contributed by atoms with E-state index in [0.29, 0.717) is 24.7 Å². The van der Waals surface area contributed by atoms with Gasteiger partial charge in [0.15, 0.2) is 5.96 Å². The van der Waals surface area contributed by atoms with E-state index in [-0.39, 0.29) is 11.8 Å². The predicted molar refractivity (Wildman–Crippen MR) is 118 cm³/mol. The van der Waals surface area contributed by atoms with E-state index in [1.165, 1.54) is 0 Å². The van der Waals surface area contributed by atoms with Gasteiger partial charge in [-0.25, -0.2) is 0 Å². The van der Waals surface area contributed by atoms with Crippen molar-refractivity contribution >= 4 is 17.3 Å². The number of ether oxygens (including phenoxy) is 1. The third kappa shape index (κ3) is 5.75. The van der Waals surface area contributed by atoms with Crippen molar-refractivity contribution in [3.8, 4) is 5.75 Å². The first-order chi connectivity index (χ1) is 14.5. The number of nitrogens with zero attached hydrogens (tertiary/aromatic N) is 3. The molecule has 2 N–H and O–H groups in total. The topological polar surface area (TPSA) is 52.1 Å². The Bertz CT molecular complexity index is 859. The van der Waals surface area contributed by atoms with Crippen LogP contribution < -0.4 is 25.2 Å². The molecule has 30 heavy (non-hydrogen) atoms. The second-order valence-corrected chi connectivity index (χ2v) is 7.41. The Balaban J connectivity index is 1.56. The number of halogens is 2. The van der Waals surface area contributed by atoms with E-state index < -0.39 is 6.61 Å². The maximum atomic E-state index is 12.7. The van der Waals surface area contributed by atoms with Gasteiger partial charge in [0.2, 0.25) is 0 Å². The minimum atomic E-state index is -2.84. The van der Waals surface area contributed by atoms with Gasteiger partial charge in [0.1, 0.15) is 5.75 Å². The molecule has 2 aromatic rings. The Morgan fingerprint density at radius 1 is 1.23 bits per heavy atom. The SMILES string of the molecule is CN=C(NCc1cccc(N(C)C)c1)NC1CCN(c2ccccc2OC(F)F)C1. The van der Waals surface area contributed by atoms with Crippen LogP contribution in [0.3, 0.4) is 0 Å². The molecule has 0 bridgehead atoms. The lowest BCUT2D eigenvalue weighted by molar-refractivity contribution is -0.0495. The zero-order chi connectivity index (χ0) is 21.5. The summed E-state index contributed by atoms with van der Waals surface area (Å²) in [7, 11) is 5.77. The van der Waals surface area contributed by atoms with Crippen molar-refractivity contribution in [2.75, 3.05) is 44.0 Å². The number of benzene rings is 2. The van der Waals surface area contributed by atoms with Crippen molar-refractivity contribution in [3.05, 3.63) is 54.1 Å². The van der Waals surface area contributed by atoms with Crippen LogP contribution in [0.2, 0.25) is 0 Å². The van der Waals surface area contributed by atoms with Crippen molar-refractivity contribution in [2.24, 2.45) is 4.99 Å². The Kier molecular flexibility index (Phi) is 7.32. The monoisotopic (exact) mass is 417 g/mol. The quantitative estimate of drug-likeness (QED) is 0.535. The van der Waals surface area contributed by atoms with Crippen LogP contribution in [0.1, 0.15) is 12.0 Å². The number of alkyl halides is 2. The van der Waals surface area contributed by atoms with Crippen LogP contribution in [0.25, 0.3) is 0 Å². The molecule has 3 rings (SSSR count). The van der Waals surface area contributed by atoms with E-state index in [9.17, 15) is 8.78 Å². The first-order valence-electron chi connectivity index (χ1n) is 9.98. The summed E-state index contributed by atoms with van der Waals surface area (Å²) in [4.78, 5) is 8.45. The molecule has 0 spiro atoms. The molecule has 1 fully saturated rings. The van der Waals surface area contributed by atoms with Gasteiger partial charge in [-0.05, 0) is 36.2 Å². The summed E-state index contributed by atoms with van der Waals surface area (Å²) in [5.41, 5.74) is 2.99. The fourth-order valence-corrected chi connectivity index (χ4v) is 3.53. The molecule has 1 atom stereocenters. The molecular weight excluding hydrogens is 388 g/mol. The average Bonchev–Trinajstić information content (AvgIpc) is 3.19. The summed E-state index contributed by atoms with van der Waals surface area (Å²) in [6.07, 6.45) is 0.875. The number of hydrogen-bond donors (Lipinski definition) is 2. The van der Waals surface area contributed by atoms with Gasteiger partial charge >= 0.3 is 6.61 Å². The molecule has 2 aromatic carbocycles. The van der Waals surface area contributed by atoms with Gasteiger partial charge in [-0.3, -0.25) is 4.99 Å². The van der Waals surface area contributed by atoms with Crippen molar-refractivity contribution < 1.29 is 13.5 Å². The Hall–Kier alpha value is -3.03. The van der Waals surface area contributed by atoms with E-state index in [4.69, 9.17) is 0 Å². The lowest BCUT2D eigenvalue weighted by atomic mass is 10.2. The number of aliphatic imine (C=N–C) groups is 1. The zero-order valence-electron chi connectivity index (χ0n) is 17.6. The molecule has 1 aliphatic rings. The van der Waals surface area contributed by atoms with Crippen molar-refractivity contribution in [3.63, 3.8) is 0 Å². The third-order valence-corrected chi connectivity index (χ3v) is 5.06. The van der Waals surface area contributed by atoms with Crippen molar-refractivity contribution in [2.45, 2.75) is 25.6 Å². The van der Waals surface area contributed by atoms with Crippen LogP contribution in [0, 0.1) is 0 Å². The van der Waals surface area contributed by atoms with Crippen molar-refractivity contribution in [1.82, 2.24) is 10.6 Å². The van der Waals surface area contributed by atoms with E-state index in [0.717, 1.165) is 24.2 Å². The standard InChI is InChI=1S/C22H29F2N5O/c1-25-22(26-14-16-7-6-8-18(13-16)28(2)3)27-17-11-12-29(15-17)19-9-4-5-10-20(19)30-21(23)24/h4-10,13,17,21H,11-12,14-15H2,1-3H3,(H2,25,26,27). The number of anilines is 2. The molecule has 1 saturated heterocycles. The number of rotatable bonds is 7. The molecule has 0 aliphatic carbocycles. The van der Waals surface area contributed by atoms with Gasteiger partial charge in [0.25, 0.3) is 0 Å². The molecule has 6 nitrogen and oxygen atoms in total. The number of nitrogens with one attached hydrogen (secondary N) is 2. The molecule has 1 heterocycles. The maximum Gasteiger partial charge on any atom is 0.387 e. The van der Waals surface area contributed by atoms with Crippen LogP contribution in [-0.4, -0.2) is 52.8 Å². The number of guanidine groups is 1. The van der Waals surface area contributed by atoms with Crippen LogP contribution in [0.5, 0.6) is 5.75 Å². The first kappa shape index (κ1) is 21.7. The lowest BCUT2D eigenvalue weighted by Gasteiger charge is -2.22. The smallest absolute Gasteiger partial charge is 0.387 e. The van der Waals surface area contributed by atoms with Crippen molar-refractivity contribution in [1.29, 1.82) is 0 Å². The van der Waals surface area contributed by atoms with Crippen LogP contribution in [0.4, 0.5) is 20.2 Å². The average molecular weight is 418 g/mol. The normalized spacial score (nSPS) is 16.7. The summed E-state index contributed by atoms with van der Waals surface area (Å²) >= 11 is 0. The van der Waals surface area contributed by atoms with Gasteiger partial charge in [0, 0.05) is 52.5 Å². The maximum absolute atomic E-state index is 12.7. The summed E-state index contributed by atoms with van der Waals surface area (Å²) < 4.78 is 30.1. The van der Waals surface area contributed by atoms with Gasteiger partial charge in [-0.1, -0.05) is 24.3 Å². The molecule has 8 heteroatoms. The van der Waals surface area contributed by atoms with Gasteiger partial charge in [0.05, 0.1) is 5.69 Å². The molecule has 162 valence electrons. The van der Waals surface area contributed by atoms with E-state index in [1.54, 1.807) is 19.2 Å². The summed E-state index contributed by atoms with van der Waals surface area (Å²) in [6.45, 7) is -0.747. The van der Waals surface area contributed by atoms with E-state index in [2.05, 4.69) is 48.4 Å². The minimum Gasteiger partial charge on any atom is -0.433 e. The highest BCUT2D eigenvalue weighted by atomic mass is 19.3. The fourth-order valence-electron chi connectivity index (χ4n) is 3.53. The molecule has 0 saturated carbocycles. The zero-order valence-corrected chi connectivity index (χ0v) is 17.6. The molecule has 0 amide bonds. The summed E-state index contributed by atoms with van der Waals surface area (Å²) in [5.74, 6) is 0.922.